The fraction of sp³-hybridized carbons (Fsp3) is 1.00. The maximum atomic E-state index is 6.59. The van der Waals surface area contributed by atoms with E-state index in [9.17, 15) is 0 Å². The molecule has 1 unspecified atom stereocenters. The number of nitrogens with zero attached hydrogens (tertiary/aromatic N) is 1. The zero-order valence-electron chi connectivity index (χ0n) is 14.3. The smallest absolute Gasteiger partial charge is 0.0623 e. The summed E-state index contributed by atoms with van der Waals surface area (Å²) in [6, 6.07) is 0.205. The number of hydrogen-bond donors (Lipinski definition) is 1. The van der Waals surface area contributed by atoms with E-state index in [0.717, 1.165) is 38.8 Å². The Hall–Kier alpha value is -0.120. The highest BCUT2D eigenvalue weighted by atomic mass is 16.5. The summed E-state index contributed by atoms with van der Waals surface area (Å²) in [5.41, 5.74) is 6.65. The molecule has 116 valence electrons. The van der Waals surface area contributed by atoms with E-state index in [2.05, 4.69) is 46.4 Å². The highest BCUT2D eigenvalue weighted by molar-refractivity contribution is 4.97. The molecular formula is C16H36N2O. The molecule has 0 saturated heterocycles. The van der Waals surface area contributed by atoms with Crippen LogP contribution in [-0.4, -0.2) is 42.3 Å². The molecule has 3 nitrogen and oxygen atoms in total. The highest BCUT2D eigenvalue weighted by Gasteiger charge is 2.38. The molecule has 2 N–H and O–H groups in total. The molecule has 0 fully saturated rings. The van der Waals surface area contributed by atoms with Crippen LogP contribution >= 0.6 is 0 Å². The van der Waals surface area contributed by atoms with Crippen molar-refractivity contribution >= 4 is 0 Å². The molecule has 0 amide bonds. The zero-order valence-corrected chi connectivity index (χ0v) is 14.3. The van der Waals surface area contributed by atoms with Gasteiger partial charge in [-0.1, -0.05) is 27.7 Å². The lowest BCUT2D eigenvalue weighted by Crippen LogP contribution is -2.59. The Balaban J connectivity index is 4.88. The third-order valence-electron chi connectivity index (χ3n) is 4.92. The first kappa shape index (κ1) is 18.9. The number of nitrogens with two attached hydrogens (primary N) is 1. The second kappa shape index (κ2) is 8.23. The van der Waals surface area contributed by atoms with Crippen molar-refractivity contribution in [2.75, 3.05) is 20.2 Å². The average molecular weight is 272 g/mol. The monoisotopic (exact) mass is 272 g/mol. The van der Waals surface area contributed by atoms with E-state index in [1.165, 1.54) is 0 Å². The molecule has 0 aromatic rings. The predicted molar refractivity (Wildman–Crippen MR) is 84.5 cm³/mol. The van der Waals surface area contributed by atoms with Crippen LogP contribution in [0.1, 0.15) is 67.2 Å². The molecule has 0 heterocycles. The Morgan fingerprint density at radius 2 is 1.53 bits per heavy atom. The van der Waals surface area contributed by atoms with Crippen molar-refractivity contribution in [2.45, 2.75) is 84.4 Å². The van der Waals surface area contributed by atoms with Gasteiger partial charge in [-0.05, 0) is 52.6 Å². The minimum Gasteiger partial charge on any atom is -0.379 e. The van der Waals surface area contributed by atoms with Gasteiger partial charge >= 0.3 is 0 Å². The van der Waals surface area contributed by atoms with Crippen LogP contribution in [0, 0.1) is 0 Å². The Bertz CT molecular complexity index is 233. The standard InChI is InChI=1S/C16H36N2O/c1-8-16(9-2,18(10-3)11-4)14(17)12-13-15(5,6)19-7/h14H,8-13,17H2,1-7H3. The fourth-order valence-electron chi connectivity index (χ4n) is 3.18. The molecule has 0 aliphatic carbocycles. The summed E-state index contributed by atoms with van der Waals surface area (Å²) in [6.45, 7) is 15.4. The summed E-state index contributed by atoms with van der Waals surface area (Å²) in [5.74, 6) is 0. The summed E-state index contributed by atoms with van der Waals surface area (Å²) in [6.07, 6.45) is 4.24. The molecule has 0 bridgehead atoms. The Morgan fingerprint density at radius 3 is 1.84 bits per heavy atom. The van der Waals surface area contributed by atoms with Crippen LogP contribution in [0.2, 0.25) is 0 Å². The number of likely N-dealkylation sites (N-methyl/N-ethyl adjacent to an activating group) is 1. The maximum absolute atomic E-state index is 6.59. The zero-order chi connectivity index (χ0) is 15.1. The van der Waals surface area contributed by atoms with E-state index in [1.807, 2.05) is 0 Å². The van der Waals surface area contributed by atoms with Crippen LogP contribution in [-0.2, 0) is 4.74 Å². The molecule has 0 rings (SSSR count). The first-order valence-corrected chi connectivity index (χ1v) is 7.89. The van der Waals surface area contributed by atoms with E-state index in [-0.39, 0.29) is 17.2 Å². The highest BCUT2D eigenvalue weighted by Crippen LogP contribution is 2.30. The average Bonchev–Trinajstić information content (AvgIpc) is 2.42. The Morgan fingerprint density at radius 1 is 1.05 bits per heavy atom. The van der Waals surface area contributed by atoms with Crippen LogP contribution in [0.25, 0.3) is 0 Å². The van der Waals surface area contributed by atoms with Crippen molar-refractivity contribution in [1.82, 2.24) is 4.90 Å². The minimum absolute atomic E-state index is 0.0753. The van der Waals surface area contributed by atoms with Gasteiger partial charge in [0.15, 0.2) is 0 Å². The van der Waals surface area contributed by atoms with Gasteiger partial charge in [0.1, 0.15) is 0 Å². The first-order chi connectivity index (χ1) is 8.83. The van der Waals surface area contributed by atoms with Gasteiger partial charge in [-0.2, -0.15) is 0 Å². The van der Waals surface area contributed by atoms with Crippen molar-refractivity contribution in [3.63, 3.8) is 0 Å². The largest absolute Gasteiger partial charge is 0.379 e. The van der Waals surface area contributed by atoms with E-state index in [0.29, 0.717) is 0 Å². The molecule has 1 atom stereocenters. The van der Waals surface area contributed by atoms with Crippen molar-refractivity contribution in [1.29, 1.82) is 0 Å². The lowest BCUT2D eigenvalue weighted by molar-refractivity contribution is 0.00140. The molecule has 19 heavy (non-hydrogen) atoms. The number of rotatable bonds is 10. The van der Waals surface area contributed by atoms with Gasteiger partial charge in [-0.3, -0.25) is 4.90 Å². The van der Waals surface area contributed by atoms with Crippen LogP contribution < -0.4 is 5.73 Å². The SMILES string of the molecule is CCN(CC)C(CC)(CC)C(N)CCC(C)(C)OC. The van der Waals surface area contributed by atoms with Gasteiger partial charge in [0.25, 0.3) is 0 Å². The summed E-state index contributed by atoms with van der Waals surface area (Å²) < 4.78 is 5.51. The van der Waals surface area contributed by atoms with Gasteiger partial charge in [0.2, 0.25) is 0 Å². The van der Waals surface area contributed by atoms with Crippen LogP contribution in [0.15, 0.2) is 0 Å². The van der Waals surface area contributed by atoms with Gasteiger partial charge < -0.3 is 10.5 Å². The van der Waals surface area contributed by atoms with Crippen molar-refractivity contribution < 1.29 is 4.74 Å². The van der Waals surface area contributed by atoms with E-state index < -0.39 is 0 Å². The lowest BCUT2D eigenvalue weighted by atomic mass is 9.79. The fourth-order valence-corrected chi connectivity index (χ4v) is 3.18. The Kier molecular flexibility index (Phi) is 8.18. The second-order valence-electron chi connectivity index (χ2n) is 6.09. The molecule has 0 spiro atoms. The van der Waals surface area contributed by atoms with E-state index in [1.54, 1.807) is 7.11 Å². The molecule has 0 radical (unpaired) electrons. The third kappa shape index (κ3) is 4.73. The molecular weight excluding hydrogens is 236 g/mol. The van der Waals surface area contributed by atoms with Gasteiger partial charge in [-0.15, -0.1) is 0 Å². The quantitative estimate of drug-likeness (QED) is 0.662. The predicted octanol–water partition coefficient (Wildman–Crippen LogP) is 3.42. The van der Waals surface area contributed by atoms with Crippen molar-refractivity contribution in [3.05, 3.63) is 0 Å². The molecule has 0 aromatic heterocycles. The topological polar surface area (TPSA) is 38.5 Å². The van der Waals surface area contributed by atoms with Gasteiger partial charge in [-0.25, -0.2) is 0 Å². The second-order valence-corrected chi connectivity index (χ2v) is 6.09. The lowest BCUT2D eigenvalue weighted by Gasteiger charge is -2.47. The van der Waals surface area contributed by atoms with Gasteiger partial charge in [0, 0.05) is 18.7 Å². The summed E-state index contributed by atoms with van der Waals surface area (Å²) in [7, 11) is 1.78. The molecule has 3 heteroatoms. The number of hydrogen-bond acceptors (Lipinski definition) is 3. The summed E-state index contributed by atoms with van der Waals surface area (Å²) in [4.78, 5) is 2.54. The Labute approximate surface area is 120 Å². The number of methoxy groups -OCH3 is 1. The van der Waals surface area contributed by atoms with E-state index in [4.69, 9.17) is 10.5 Å². The molecule has 0 aliphatic rings. The molecule has 0 aromatic carbocycles. The number of ether oxygens (including phenoxy) is 1. The summed E-state index contributed by atoms with van der Waals surface area (Å²) >= 11 is 0. The van der Waals surface area contributed by atoms with Crippen LogP contribution in [0.4, 0.5) is 0 Å². The summed E-state index contributed by atoms with van der Waals surface area (Å²) in [5, 5.41) is 0. The van der Waals surface area contributed by atoms with Crippen LogP contribution in [0.5, 0.6) is 0 Å². The normalized spacial score (nSPS) is 15.0. The van der Waals surface area contributed by atoms with Crippen molar-refractivity contribution in [2.24, 2.45) is 5.73 Å². The third-order valence-corrected chi connectivity index (χ3v) is 4.92. The maximum Gasteiger partial charge on any atom is 0.0623 e. The molecule has 0 aliphatic heterocycles. The van der Waals surface area contributed by atoms with Gasteiger partial charge in [0.05, 0.1) is 5.60 Å². The van der Waals surface area contributed by atoms with E-state index >= 15 is 0 Å². The van der Waals surface area contributed by atoms with Crippen molar-refractivity contribution in [3.8, 4) is 0 Å². The molecule has 0 saturated carbocycles. The van der Waals surface area contributed by atoms with Crippen LogP contribution in [0.3, 0.4) is 0 Å². The first-order valence-electron chi connectivity index (χ1n) is 7.89. The minimum atomic E-state index is -0.0753.